The Labute approximate surface area is 113 Å². The first kappa shape index (κ1) is 14.8. The van der Waals surface area contributed by atoms with Crippen molar-refractivity contribution in [2.24, 2.45) is 18.7 Å². The van der Waals surface area contributed by atoms with Crippen LogP contribution in [0, 0.1) is 5.92 Å². The number of aromatic nitrogens is 3. The number of nitrogens with two attached hydrogens (primary N) is 1. The van der Waals surface area contributed by atoms with E-state index in [-0.39, 0.29) is 12.4 Å². The molecule has 0 radical (unpaired) electrons. The molecule has 98 valence electrons. The van der Waals surface area contributed by atoms with Crippen LogP contribution < -0.4 is 5.73 Å². The van der Waals surface area contributed by atoms with E-state index in [1.807, 2.05) is 23.4 Å². The molecule has 2 rings (SSSR count). The van der Waals surface area contributed by atoms with Crippen LogP contribution in [0.1, 0.15) is 37.9 Å². The van der Waals surface area contributed by atoms with E-state index in [1.165, 1.54) is 37.9 Å². The van der Waals surface area contributed by atoms with E-state index >= 15 is 0 Å². The van der Waals surface area contributed by atoms with E-state index in [0.717, 1.165) is 16.9 Å². The molecule has 0 bridgehead atoms. The number of hydrogen-bond donors (Lipinski definition) is 1. The molecular formula is C11H21ClN4S. The highest BCUT2D eigenvalue weighted by molar-refractivity contribution is 7.99. The van der Waals surface area contributed by atoms with Crippen LogP contribution in [0.15, 0.2) is 5.16 Å². The Balaban J connectivity index is 0.00000144. The van der Waals surface area contributed by atoms with Crippen LogP contribution in [0.25, 0.3) is 0 Å². The Morgan fingerprint density at radius 2 is 2.00 bits per heavy atom. The van der Waals surface area contributed by atoms with Crippen LogP contribution in [0.2, 0.25) is 0 Å². The molecule has 1 aliphatic carbocycles. The molecular weight excluding hydrogens is 256 g/mol. The van der Waals surface area contributed by atoms with Crippen LogP contribution in [-0.2, 0) is 13.6 Å². The second-order valence-electron chi connectivity index (χ2n) is 4.48. The summed E-state index contributed by atoms with van der Waals surface area (Å²) in [5.41, 5.74) is 5.57. The highest BCUT2D eigenvalue weighted by Gasteiger charge is 2.15. The van der Waals surface area contributed by atoms with Crippen LogP contribution >= 0.6 is 24.2 Å². The first-order valence-electron chi connectivity index (χ1n) is 6.02. The zero-order chi connectivity index (χ0) is 11.4. The van der Waals surface area contributed by atoms with Crippen molar-refractivity contribution in [2.45, 2.75) is 43.8 Å². The number of halogens is 1. The van der Waals surface area contributed by atoms with Crippen molar-refractivity contribution < 1.29 is 0 Å². The van der Waals surface area contributed by atoms with Crippen molar-refractivity contribution in [1.82, 2.24) is 14.8 Å². The van der Waals surface area contributed by atoms with Gasteiger partial charge in [0.25, 0.3) is 0 Å². The third kappa shape index (κ3) is 3.86. The van der Waals surface area contributed by atoms with Crippen LogP contribution in [-0.4, -0.2) is 20.5 Å². The average molecular weight is 277 g/mol. The van der Waals surface area contributed by atoms with Gasteiger partial charge in [0.15, 0.2) is 5.16 Å². The zero-order valence-electron chi connectivity index (χ0n) is 10.3. The second-order valence-corrected chi connectivity index (χ2v) is 5.46. The summed E-state index contributed by atoms with van der Waals surface area (Å²) in [7, 11) is 1.99. The third-order valence-electron chi connectivity index (χ3n) is 3.28. The minimum atomic E-state index is 0. The van der Waals surface area contributed by atoms with Gasteiger partial charge >= 0.3 is 0 Å². The maximum Gasteiger partial charge on any atom is 0.190 e. The van der Waals surface area contributed by atoms with Gasteiger partial charge in [0.2, 0.25) is 0 Å². The van der Waals surface area contributed by atoms with Crippen molar-refractivity contribution in [1.29, 1.82) is 0 Å². The number of rotatable bonds is 4. The molecule has 1 saturated carbocycles. The quantitative estimate of drug-likeness (QED) is 0.858. The predicted octanol–water partition coefficient (Wildman–Crippen LogP) is 2.37. The van der Waals surface area contributed by atoms with Gasteiger partial charge in [-0.25, -0.2) is 0 Å². The van der Waals surface area contributed by atoms with E-state index in [2.05, 4.69) is 10.2 Å². The summed E-state index contributed by atoms with van der Waals surface area (Å²) in [4.78, 5) is 0. The Bertz CT molecular complexity index is 336. The average Bonchev–Trinajstić information content (AvgIpc) is 2.69. The third-order valence-corrected chi connectivity index (χ3v) is 4.53. The zero-order valence-corrected chi connectivity index (χ0v) is 11.9. The number of nitrogens with zero attached hydrogens (tertiary/aromatic N) is 3. The summed E-state index contributed by atoms with van der Waals surface area (Å²) in [5, 5.41) is 9.24. The van der Waals surface area contributed by atoms with Gasteiger partial charge in [0, 0.05) is 12.8 Å². The van der Waals surface area contributed by atoms with Gasteiger partial charge in [-0.1, -0.05) is 31.0 Å². The summed E-state index contributed by atoms with van der Waals surface area (Å²) in [5.74, 6) is 2.92. The molecule has 6 heteroatoms. The fourth-order valence-electron chi connectivity index (χ4n) is 2.19. The van der Waals surface area contributed by atoms with Crippen molar-refractivity contribution in [3.8, 4) is 0 Å². The standard InChI is InChI=1S/C11H20N4S.ClH/c1-15-10(7-12)13-14-11(15)16-8-9-5-3-2-4-6-9;/h9H,2-8,12H2,1H3;1H. The minimum absolute atomic E-state index is 0. The van der Waals surface area contributed by atoms with Gasteiger partial charge < -0.3 is 10.3 Å². The molecule has 1 fully saturated rings. The lowest BCUT2D eigenvalue weighted by Crippen LogP contribution is -2.09. The molecule has 1 aromatic heterocycles. The minimum Gasteiger partial charge on any atom is -0.324 e. The molecule has 1 aromatic rings. The molecule has 0 aliphatic heterocycles. The van der Waals surface area contributed by atoms with Crippen LogP contribution in [0.4, 0.5) is 0 Å². The Kier molecular flexibility index (Phi) is 6.30. The summed E-state index contributed by atoms with van der Waals surface area (Å²) >= 11 is 1.82. The molecule has 0 saturated heterocycles. The van der Waals surface area contributed by atoms with Gasteiger partial charge in [-0.15, -0.1) is 22.6 Å². The summed E-state index contributed by atoms with van der Waals surface area (Å²) in [6.07, 6.45) is 6.99. The summed E-state index contributed by atoms with van der Waals surface area (Å²) in [6, 6.07) is 0. The Hall–Kier alpha value is -0.260. The largest absolute Gasteiger partial charge is 0.324 e. The molecule has 0 unspecified atom stereocenters. The van der Waals surface area contributed by atoms with E-state index in [4.69, 9.17) is 5.73 Å². The van der Waals surface area contributed by atoms with Gasteiger partial charge in [-0.05, 0) is 18.8 Å². The maximum absolute atomic E-state index is 5.57. The highest BCUT2D eigenvalue weighted by atomic mass is 35.5. The normalized spacial score (nSPS) is 16.8. The monoisotopic (exact) mass is 276 g/mol. The Morgan fingerprint density at radius 3 is 2.59 bits per heavy atom. The molecule has 1 heterocycles. The summed E-state index contributed by atoms with van der Waals surface area (Å²) in [6.45, 7) is 0.466. The molecule has 0 spiro atoms. The second kappa shape index (κ2) is 7.24. The number of thioether (sulfide) groups is 1. The van der Waals surface area contributed by atoms with Crippen molar-refractivity contribution in [3.05, 3.63) is 5.82 Å². The lowest BCUT2D eigenvalue weighted by molar-refractivity contribution is 0.390. The molecule has 17 heavy (non-hydrogen) atoms. The molecule has 0 amide bonds. The van der Waals surface area contributed by atoms with E-state index in [0.29, 0.717) is 6.54 Å². The first-order valence-corrected chi connectivity index (χ1v) is 7.01. The molecule has 0 atom stereocenters. The smallest absolute Gasteiger partial charge is 0.190 e. The van der Waals surface area contributed by atoms with E-state index in [9.17, 15) is 0 Å². The molecule has 1 aliphatic rings. The van der Waals surface area contributed by atoms with Crippen LogP contribution in [0.3, 0.4) is 0 Å². The topological polar surface area (TPSA) is 56.7 Å². The van der Waals surface area contributed by atoms with Crippen molar-refractivity contribution >= 4 is 24.2 Å². The predicted molar refractivity (Wildman–Crippen MR) is 73.4 cm³/mol. The fourth-order valence-corrected chi connectivity index (χ4v) is 3.31. The Morgan fingerprint density at radius 1 is 1.29 bits per heavy atom. The van der Waals surface area contributed by atoms with Gasteiger partial charge in [-0.3, -0.25) is 0 Å². The maximum atomic E-state index is 5.57. The molecule has 0 aromatic carbocycles. The van der Waals surface area contributed by atoms with E-state index < -0.39 is 0 Å². The SMILES string of the molecule is Cl.Cn1c(CN)nnc1SCC1CCCCC1. The highest BCUT2D eigenvalue weighted by Crippen LogP contribution is 2.29. The van der Waals surface area contributed by atoms with Crippen molar-refractivity contribution in [3.63, 3.8) is 0 Å². The van der Waals surface area contributed by atoms with Crippen molar-refractivity contribution in [2.75, 3.05) is 5.75 Å². The summed E-state index contributed by atoms with van der Waals surface area (Å²) < 4.78 is 2.01. The van der Waals surface area contributed by atoms with E-state index in [1.54, 1.807) is 0 Å². The van der Waals surface area contributed by atoms with Gasteiger partial charge in [-0.2, -0.15) is 0 Å². The fraction of sp³-hybridized carbons (Fsp3) is 0.818. The molecule has 4 nitrogen and oxygen atoms in total. The van der Waals surface area contributed by atoms with Crippen LogP contribution in [0.5, 0.6) is 0 Å². The first-order chi connectivity index (χ1) is 7.81. The van der Waals surface area contributed by atoms with Gasteiger partial charge in [0.1, 0.15) is 5.82 Å². The molecule has 2 N–H and O–H groups in total. The lowest BCUT2D eigenvalue weighted by Gasteiger charge is -2.20. The van der Waals surface area contributed by atoms with Gasteiger partial charge in [0.05, 0.1) is 6.54 Å². The lowest BCUT2D eigenvalue weighted by atomic mass is 9.91. The number of hydrogen-bond acceptors (Lipinski definition) is 4.